The number of aryl methyl sites for hydroxylation is 2. The Labute approximate surface area is 256 Å². The average molecular weight is 668 g/mol. The summed E-state index contributed by atoms with van der Waals surface area (Å²) < 4.78 is 112. The fourth-order valence-electron chi connectivity index (χ4n) is 4.39. The molecule has 3 aromatic heterocycles. The lowest BCUT2D eigenvalue weighted by Crippen LogP contribution is -2.18. The van der Waals surface area contributed by atoms with Crippen molar-refractivity contribution in [2.75, 3.05) is 0 Å². The van der Waals surface area contributed by atoms with Gasteiger partial charge in [-0.25, -0.2) is 28.1 Å². The third-order valence-electron chi connectivity index (χ3n) is 6.57. The molecule has 0 amide bonds. The van der Waals surface area contributed by atoms with E-state index in [1.807, 2.05) is 0 Å². The Balaban J connectivity index is 1.60. The molecule has 0 unspecified atom stereocenters. The van der Waals surface area contributed by atoms with Crippen LogP contribution < -0.4 is 14.3 Å². The van der Waals surface area contributed by atoms with Crippen molar-refractivity contribution in [1.29, 1.82) is 0 Å². The van der Waals surface area contributed by atoms with E-state index in [4.69, 9.17) is 20.8 Å². The highest BCUT2D eigenvalue weighted by atomic mass is 35.5. The zero-order valence-electron chi connectivity index (χ0n) is 23.5. The van der Waals surface area contributed by atoms with E-state index in [9.17, 15) is 35.2 Å². The second-order valence-corrected chi connectivity index (χ2v) is 11.6. The molecular formula is C29H19ClF5N3O6S. The summed E-state index contributed by atoms with van der Waals surface area (Å²) >= 11 is 5.87. The van der Waals surface area contributed by atoms with Crippen molar-refractivity contribution in [3.8, 4) is 22.8 Å². The molecule has 0 aliphatic heterocycles. The highest BCUT2D eigenvalue weighted by Crippen LogP contribution is 2.36. The molecule has 0 radical (unpaired) electrons. The predicted octanol–water partition coefficient (Wildman–Crippen LogP) is 6.83. The van der Waals surface area contributed by atoms with Crippen LogP contribution in [0.4, 0.5) is 22.0 Å². The van der Waals surface area contributed by atoms with E-state index in [2.05, 4.69) is 19.1 Å². The Morgan fingerprint density at radius 2 is 1.51 bits per heavy atom. The summed E-state index contributed by atoms with van der Waals surface area (Å²) in [7, 11) is -5.44. The number of rotatable bonds is 7. The smallest absolute Gasteiger partial charge is 0.360 e. The minimum atomic E-state index is -5.44. The fourth-order valence-corrected chi connectivity index (χ4v) is 5.60. The lowest BCUT2D eigenvalue weighted by Gasteiger charge is -2.19. The zero-order valence-corrected chi connectivity index (χ0v) is 25.1. The van der Waals surface area contributed by atoms with Crippen molar-refractivity contribution in [2.45, 2.75) is 38.8 Å². The van der Waals surface area contributed by atoms with Crippen LogP contribution in [0.3, 0.4) is 0 Å². The number of hydrogen-bond donors (Lipinski definition) is 0. The Morgan fingerprint density at radius 3 is 2.13 bits per heavy atom. The molecule has 0 N–H and O–H groups in total. The van der Waals surface area contributed by atoms with E-state index >= 15 is 0 Å². The van der Waals surface area contributed by atoms with Crippen LogP contribution in [0.5, 0.6) is 11.5 Å². The molecule has 0 spiro atoms. The summed E-state index contributed by atoms with van der Waals surface area (Å²) in [4.78, 5) is 25.3. The standard InChI is InChI=1S/C29H19ClF5N3O6S/c1-11-7-16(27-17(8-11)25(39)12(2)26(43-27)15-9-36-14(4)37-10-15)13(3)42-18-5-6-19(30)38-29(18)45(40,41)44-28-23(34)21(32)20(31)22(33)24(28)35/h5-10,13H,1-4H3/t13-/m1/s1. The quantitative estimate of drug-likeness (QED) is 0.0605. The van der Waals surface area contributed by atoms with Gasteiger partial charge in [0.15, 0.2) is 11.2 Å². The summed E-state index contributed by atoms with van der Waals surface area (Å²) in [5.74, 6) is -14.4. The number of pyridine rings is 1. The fraction of sp³-hybridized carbons (Fsp3) is 0.172. The minimum Gasteiger partial charge on any atom is -0.483 e. The minimum absolute atomic E-state index is 0.0864. The van der Waals surface area contributed by atoms with Gasteiger partial charge < -0.3 is 13.3 Å². The predicted molar refractivity (Wildman–Crippen MR) is 150 cm³/mol. The van der Waals surface area contributed by atoms with Crippen LogP contribution in [0, 0.1) is 49.9 Å². The van der Waals surface area contributed by atoms with E-state index in [1.165, 1.54) is 19.3 Å². The number of fused-ring (bicyclic) bond motifs is 1. The molecule has 2 aromatic carbocycles. The number of halogens is 6. The van der Waals surface area contributed by atoms with Crippen LogP contribution in [0.15, 0.2) is 50.9 Å². The Morgan fingerprint density at radius 1 is 0.911 bits per heavy atom. The molecule has 5 aromatic rings. The van der Waals surface area contributed by atoms with Gasteiger partial charge in [-0.05, 0) is 57.5 Å². The van der Waals surface area contributed by atoms with Crippen molar-refractivity contribution in [2.24, 2.45) is 0 Å². The van der Waals surface area contributed by atoms with E-state index in [0.717, 1.165) is 12.1 Å². The molecular weight excluding hydrogens is 649 g/mol. The Bertz CT molecular complexity index is 2150. The van der Waals surface area contributed by atoms with Gasteiger partial charge in [0, 0.05) is 23.5 Å². The van der Waals surface area contributed by atoms with Crippen LogP contribution in [-0.2, 0) is 10.1 Å². The largest absolute Gasteiger partial charge is 0.483 e. The van der Waals surface area contributed by atoms with E-state index < -0.39 is 67.0 Å². The first-order chi connectivity index (χ1) is 21.1. The highest BCUT2D eigenvalue weighted by Gasteiger charge is 2.34. The number of benzene rings is 2. The van der Waals surface area contributed by atoms with Crippen LogP contribution in [0.1, 0.15) is 35.5 Å². The average Bonchev–Trinajstić information content (AvgIpc) is 3.00. The topological polar surface area (TPSA) is 121 Å². The van der Waals surface area contributed by atoms with Crippen molar-refractivity contribution in [3.63, 3.8) is 0 Å². The molecule has 0 saturated carbocycles. The van der Waals surface area contributed by atoms with Gasteiger partial charge in [-0.3, -0.25) is 4.79 Å². The van der Waals surface area contributed by atoms with Gasteiger partial charge in [0.25, 0.3) is 0 Å². The number of aromatic nitrogens is 3. The molecule has 9 nitrogen and oxygen atoms in total. The summed E-state index contributed by atoms with van der Waals surface area (Å²) in [5, 5.41) is -1.40. The maximum atomic E-state index is 14.3. The summed E-state index contributed by atoms with van der Waals surface area (Å²) in [6, 6.07) is 5.36. The SMILES string of the molecule is Cc1cc([C@@H](C)Oc2ccc(Cl)nc2S(=O)(=O)Oc2c(F)c(F)c(F)c(F)c2F)c2oc(-c3cnc(C)nc3)c(C)c(=O)c2c1. The maximum Gasteiger partial charge on any atom is 0.360 e. The molecule has 16 heteroatoms. The first-order valence-electron chi connectivity index (χ1n) is 12.8. The van der Waals surface area contributed by atoms with Crippen LogP contribution in [-0.4, -0.2) is 23.4 Å². The van der Waals surface area contributed by atoms with Crippen molar-refractivity contribution >= 4 is 32.7 Å². The van der Waals surface area contributed by atoms with Gasteiger partial charge in [-0.15, -0.1) is 0 Å². The van der Waals surface area contributed by atoms with Gasteiger partial charge in [0.1, 0.15) is 28.4 Å². The molecule has 0 fully saturated rings. The second-order valence-electron chi connectivity index (χ2n) is 9.77. The lowest BCUT2D eigenvalue weighted by atomic mass is 10.0. The van der Waals surface area contributed by atoms with Crippen molar-refractivity contribution < 1.29 is 43.7 Å². The normalized spacial score (nSPS) is 12.4. The van der Waals surface area contributed by atoms with Gasteiger partial charge in [0.2, 0.25) is 39.9 Å². The molecule has 3 heterocycles. The first-order valence-corrected chi connectivity index (χ1v) is 14.6. The molecule has 234 valence electrons. The van der Waals surface area contributed by atoms with Gasteiger partial charge in [-0.2, -0.15) is 17.2 Å². The van der Waals surface area contributed by atoms with Crippen LogP contribution in [0.2, 0.25) is 5.15 Å². The lowest BCUT2D eigenvalue weighted by molar-refractivity contribution is 0.218. The maximum absolute atomic E-state index is 14.3. The second kappa shape index (κ2) is 11.7. The van der Waals surface area contributed by atoms with E-state index in [-0.39, 0.29) is 33.3 Å². The molecule has 0 bridgehead atoms. The third kappa shape index (κ3) is 5.80. The molecule has 5 rings (SSSR count). The molecule has 45 heavy (non-hydrogen) atoms. The number of nitrogens with zero attached hydrogens (tertiary/aromatic N) is 3. The number of ether oxygens (including phenoxy) is 1. The van der Waals surface area contributed by atoms with E-state index in [1.54, 1.807) is 32.9 Å². The van der Waals surface area contributed by atoms with Crippen LogP contribution in [0.25, 0.3) is 22.3 Å². The first kappa shape index (κ1) is 31.8. The molecule has 1 atom stereocenters. The van der Waals surface area contributed by atoms with Gasteiger partial charge in [0.05, 0.1) is 10.9 Å². The Kier molecular flexibility index (Phi) is 8.27. The zero-order chi connectivity index (χ0) is 33.0. The third-order valence-corrected chi connectivity index (χ3v) is 7.93. The Hall–Kier alpha value is -4.63. The van der Waals surface area contributed by atoms with Crippen LogP contribution >= 0.6 is 11.6 Å². The molecule has 0 aliphatic rings. The monoisotopic (exact) mass is 667 g/mol. The van der Waals surface area contributed by atoms with Gasteiger partial charge >= 0.3 is 10.1 Å². The molecule has 0 aliphatic carbocycles. The van der Waals surface area contributed by atoms with Gasteiger partial charge in [-0.1, -0.05) is 11.6 Å². The summed E-state index contributed by atoms with van der Waals surface area (Å²) in [6.45, 7) is 6.42. The number of hydrogen-bond acceptors (Lipinski definition) is 9. The van der Waals surface area contributed by atoms with Crippen molar-refractivity contribution in [3.05, 3.63) is 104 Å². The summed E-state index contributed by atoms with van der Waals surface area (Å²) in [5.41, 5.74) is 1.30. The highest BCUT2D eigenvalue weighted by molar-refractivity contribution is 7.87. The van der Waals surface area contributed by atoms with Crippen molar-refractivity contribution in [1.82, 2.24) is 15.0 Å². The summed E-state index contributed by atoms with van der Waals surface area (Å²) in [6.07, 6.45) is 1.86. The molecule has 0 saturated heterocycles. The van der Waals surface area contributed by atoms with E-state index in [0.29, 0.717) is 17.0 Å².